The number of thiazole rings is 1. The van der Waals surface area contributed by atoms with Crippen LogP contribution in [0, 0.1) is 9.87 Å². The van der Waals surface area contributed by atoms with Gasteiger partial charge in [0.2, 0.25) is 0 Å². The summed E-state index contributed by atoms with van der Waals surface area (Å²) in [4.78, 5) is 28.6. The Labute approximate surface area is 136 Å². The number of hydrogen-bond donors (Lipinski definition) is 0. The van der Waals surface area contributed by atoms with Crippen LogP contribution in [0.15, 0.2) is 23.8 Å². The quantitative estimate of drug-likeness (QED) is 0.623. The SMILES string of the molecule is C=CCn1c(=S)sc2c(=O)n(CC[C@H]3CCCC3=O)cnc21. The number of aryl methyl sites for hydroxylation is 1. The maximum Gasteiger partial charge on any atom is 0.272 e. The fourth-order valence-corrected chi connectivity index (χ4v) is 4.22. The number of carbonyl (C=O) groups excluding carboxylic acids is 1. The van der Waals surface area contributed by atoms with E-state index < -0.39 is 0 Å². The van der Waals surface area contributed by atoms with E-state index in [1.165, 1.54) is 11.3 Å². The highest BCUT2D eigenvalue weighted by molar-refractivity contribution is 7.73. The van der Waals surface area contributed by atoms with Gasteiger partial charge in [-0.2, -0.15) is 0 Å². The molecule has 1 fully saturated rings. The molecule has 0 aliphatic heterocycles. The van der Waals surface area contributed by atoms with Crippen LogP contribution in [0.2, 0.25) is 0 Å². The molecule has 0 unspecified atom stereocenters. The Bertz CT molecular complexity index is 847. The second-order valence-electron chi connectivity index (χ2n) is 5.51. The number of rotatable bonds is 5. The van der Waals surface area contributed by atoms with Gasteiger partial charge in [0.05, 0.1) is 6.33 Å². The van der Waals surface area contributed by atoms with Gasteiger partial charge in [0.15, 0.2) is 9.60 Å². The topological polar surface area (TPSA) is 56.9 Å². The summed E-state index contributed by atoms with van der Waals surface area (Å²) in [7, 11) is 0. The van der Waals surface area contributed by atoms with Gasteiger partial charge in [-0.15, -0.1) is 6.58 Å². The Kier molecular flexibility index (Phi) is 4.35. The molecule has 116 valence electrons. The highest BCUT2D eigenvalue weighted by atomic mass is 32.1. The summed E-state index contributed by atoms with van der Waals surface area (Å²) in [5, 5.41) is 0. The van der Waals surface area contributed by atoms with Crippen molar-refractivity contribution in [2.75, 3.05) is 0 Å². The molecule has 0 amide bonds. The van der Waals surface area contributed by atoms with E-state index in [-0.39, 0.29) is 11.5 Å². The molecule has 0 aromatic carbocycles. The van der Waals surface area contributed by atoms with Gasteiger partial charge in [-0.05, 0) is 31.5 Å². The number of hydrogen-bond acceptors (Lipinski definition) is 5. The minimum absolute atomic E-state index is 0.0747. The number of allylic oxidation sites excluding steroid dienone is 1. The average molecular weight is 335 g/mol. The lowest BCUT2D eigenvalue weighted by Gasteiger charge is -2.09. The van der Waals surface area contributed by atoms with E-state index in [1.807, 2.05) is 4.57 Å². The third kappa shape index (κ3) is 2.70. The van der Waals surface area contributed by atoms with Gasteiger partial charge in [-0.25, -0.2) is 4.98 Å². The van der Waals surface area contributed by atoms with Crippen LogP contribution < -0.4 is 5.56 Å². The highest BCUT2D eigenvalue weighted by Gasteiger charge is 2.24. The summed E-state index contributed by atoms with van der Waals surface area (Å²) in [6, 6.07) is 0. The fourth-order valence-electron chi connectivity index (χ4n) is 2.91. The molecule has 1 aliphatic carbocycles. The van der Waals surface area contributed by atoms with E-state index in [9.17, 15) is 9.59 Å². The van der Waals surface area contributed by atoms with Crippen LogP contribution in [-0.4, -0.2) is 19.9 Å². The van der Waals surface area contributed by atoms with Gasteiger partial charge in [-0.1, -0.05) is 17.4 Å². The summed E-state index contributed by atoms with van der Waals surface area (Å²) in [6.45, 7) is 4.78. The van der Waals surface area contributed by atoms with E-state index in [1.54, 1.807) is 17.0 Å². The summed E-state index contributed by atoms with van der Waals surface area (Å²) >= 11 is 6.58. The summed E-state index contributed by atoms with van der Waals surface area (Å²) in [5.41, 5.74) is 0.544. The van der Waals surface area contributed by atoms with Crippen molar-refractivity contribution in [3.05, 3.63) is 33.3 Å². The van der Waals surface area contributed by atoms with Crippen molar-refractivity contribution in [1.82, 2.24) is 14.1 Å². The molecule has 1 saturated carbocycles. The van der Waals surface area contributed by atoms with Crippen LogP contribution in [0.5, 0.6) is 0 Å². The van der Waals surface area contributed by atoms with Crippen LogP contribution in [0.4, 0.5) is 0 Å². The second-order valence-corrected chi connectivity index (χ2v) is 7.15. The highest BCUT2D eigenvalue weighted by Crippen LogP contribution is 2.24. The number of fused-ring (bicyclic) bond motifs is 1. The number of nitrogens with zero attached hydrogens (tertiary/aromatic N) is 3. The van der Waals surface area contributed by atoms with Crippen molar-refractivity contribution < 1.29 is 4.79 Å². The molecule has 1 atom stereocenters. The van der Waals surface area contributed by atoms with Crippen molar-refractivity contribution in [1.29, 1.82) is 0 Å². The minimum atomic E-state index is -0.0747. The smallest absolute Gasteiger partial charge is 0.272 e. The molecule has 2 heterocycles. The summed E-state index contributed by atoms with van der Waals surface area (Å²) < 4.78 is 4.61. The third-order valence-corrected chi connectivity index (χ3v) is 5.53. The zero-order valence-electron chi connectivity index (χ0n) is 12.2. The molecule has 7 heteroatoms. The maximum atomic E-state index is 12.5. The van der Waals surface area contributed by atoms with Gasteiger partial charge in [0.25, 0.3) is 5.56 Å². The molecule has 1 aliphatic rings. The fraction of sp³-hybridized carbons (Fsp3) is 0.467. The van der Waals surface area contributed by atoms with E-state index in [4.69, 9.17) is 12.2 Å². The molecule has 0 radical (unpaired) electrons. The van der Waals surface area contributed by atoms with Gasteiger partial charge in [0.1, 0.15) is 10.5 Å². The van der Waals surface area contributed by atoms with Gasteiger partial charge >= 0.3 is 0 Å². The van der Waals surface area contributed by atoms with Crippen molar-refractivity contribution in [3.8, 4) is 0 Å². The molecule has 3 rings (SSSR count). The first-order valence-electron chi connectivity index (χ1n) is 7.34. The Morgan fingerprint density at radius 1 is 1.50 bits per heavy atom. The van der Waals surface area contributed by atoms with Crippen molar-refractivity contribution in [3.63, 3.8) is 0 Å². The van der Waals surface area contributed by atoms with E-state index >= 15 is 0 Å². The molecular formula is C15H17N3O2S2. The minimum Gasteiger partial charge on any atom is -0.304 e. The first-order chi connectivity index (χ1) is 10.6. The predicted molar refractivity (Wildman–Crippen MR) is 89.9 cm³/mol. The summed E-state index contributed by atoms with van der Waals surface area (Å²) in [5.74, 6) is 0.432. The first-order valence-corrected chi connectivity index (χ1v) is 8.56. The number of aromatic nitrogens is 3. The Morgan fingerprint density at radius 2 is 2.32 bits per heavy atom. The molecule has 2 aromatic heterocycles. The average Bonchev–Trinajstić information content (AvgIpc) is 3.04. The molecule has 2 aromatic rings. The van der Waals surface area contributed by atoms with E-state index in [0.29, 0.717) is 46.0 Å². The van der Waals surface area contributed by atoms with Crippen LogP contribution in [0.1, 0.15) is 25.7 Å². The Hall–Kier alpha value is -1.60. The lowest BCUT2D eigenvalue weighted by molar-refractivity contribution is -0.120. The standard InChI is InChI=1S/C15H17N3O2S2/c1-2-7-18-13-12(22-15(18)21)14(20)17(9-16-13)8-6-10-4-3-5-11(10)19/h2,9-10H,1,3-8H2/t10-/m1/s1. The van der Waals surface area contributed by atoms with Crippen molar-refractivity contribution >= 4 is 39.7 Å². The van der Waals surface area contributed by atoms with E-state index in [0.717, 1.165) is 12.8 Å². The first kappa shape index (κ1) is 15.3. The lowest BCUT2D eigenvalue weighted by Crippen LogP contribution is -2.22. The number of Topliss-reactive ketones (excluding diaryl/α,β-unsaturated/α-hetero) is 1. The number of ketones is 1. The molecule has 5 nitrogen and oxygen atoms in total. The van der Waals surface area contributed by atoms with Gasteiger partial charge in [-0.3, -0.25) is 14.2 Å². The monoisotopic (exact) mass is 335 g/mol. The Morgan fingerprint density at radius 3 is 3.00 bits per heavy atom. The lowest BCUT2D eigenvalue weighted by atomic mass is 10.0. The molecule has 22 heavy (non-hydrogen) atoms. The van der Waals surface area contributed by atoms with Crippen LogP contribution in [0.3, 0.4) is 0 Å². The third-order valence-electron chi connectivity index (χ3n) is 4.10. The second kappa shape index (κ2) is 6.26. The maximum absolute atomic E-state index is 12.5. The van der Waals surface area contributed by atoms with Crippen molar-refractivity contribution in [2.45, 2.75) is 38.8 Å². The molecule has 0 saturated heterocycles. The molecule has 0 N–H and O–H groups in total. The van der Waals surface area contributed by atoms with Gasteiger partial charge < -0.3 is 4.57 Å². The van der Waals surface area contributed by atoms with E-state index in [2.05, 4.69) is 11.6 Å². The predicted octanol–water partition coefficient (Wildman–Crippen LogP) is 2.93. The largest absolute Gasteiger partial charge is 0.304 e. The molecule has 0 spiro atoms. The molecular weight excluding hydrogens is 318 g/mol. The zero-order valence-corrected chi connectivity index (χ0v) is 13.8. The summed E-state index contributed by atoms with van der Waals surface area (Å²) in [6.07, 6.45) is 6.61. The Balaban J connectivity index is 1.90. The van der Waals surface area contributed by atoms with Crippen LogP contribution >= 0.6 is 23.6 Å². The normalized spacial score (nSPS) is 18.2. The zero-order chi connectivity index (χ0) is 15.7. The van der Waals surface area contributed by atoms with Crippen molar-refractivity contribution in [2.24, 2.45) is 5.92 Å². The van der Waals surface area contributed by atoms with Gasteiger partial charge in [0, 0.05) is 25.4 Å². The van der Waals surface area contributed by atoms with Crippen LogP contribution in [0.25, 0.3) is 10.3 Å². The molecule has 0 bridgehead atoms. The number of carbonyl (C=O) groups is 1. The van der Waals surface area contributed by atoms with Crippen LogP contribution in [-0.2, 0) is 17.9 Å².